The number of carbonyl (C=O) groups is 1. The average Bonchev–Trinajstić information content (AvgIpc) is 3.04. The molecule has 0 bridgehead atoms. The van der Waals surface area contributed by atoms with E-state index in [1.54, 1.807) is 23.1 Å². The molecule has 0 saturated carbocycles. The molecule has 114 valence electrons. The summed E-state index contributed by atoms with van der Waals surface area (Å²) >= 11 is 0. The van der Waals surface area contributed by atoms with Crippen molar-refractivity contribution in [1.29, 1.82) is 0 Å². The number of likely N-dealkylation sites (tertiary alicyclic amines) is 1. The number of aromatic nitrogens is 2. The minimum absolute atomic E-state index is 0.110. The first-order chi connectivity index (χ1) is 10.6. The SMILES string of the molecule is O=C(Cn1nc(-c2ccccc2F)ccc1=O)N1CCCC1. The van der Waals surface area contributed by atoms with Gasteiger partial charge in [0.1, 0.15) is 12.4 Å². The summed E-state index contributed by atoms with van der Waals surface area (Å²) in [6.07, 6.45) is 1.98. The summed E-state index contributed by atoms with van der Waals surface area (Å²) in [5.41, 5.74) is 0.282. The average molecular weight is 301 g/mol. The molecular weight excluding hydrogens is 285 g/mol. The fourth-order valence-electron chi connectivity index (χ4n) is 2.57. The molecule has 1 saturated heterocycles. The molecule has 1 aromatic heterocycles. The number of nitrogens with zero attached hydrogens (tertiary/aromatic N) is 3. The Morgan fingerprint density at radius 1 is 1.14 bits per heavy atom. The van der Waals surface area contributed by atoms with Crippen LogP contribution in [0.2, 0.25) is 0 Å². The Morgan fingerprint density at radius 3 is 2.59 bits per heavy atom. The predicted molar refractivity (Wildman–Crippen MR) is 79.7 cm³/mol. The van der Waals surface area contributed by atoms with Crippen LogP contribution in [-0.2, 0) is 11.3 Å². The number of hydrogen-bond donors (Lipinski definition) is 0. The first-order valence-corrected chi connectivity index (χ1v) is 7.26. The lowest BCUT2D eigenvalue weighted by atomic mass is 10.1. The zero-order chi connectivity index (χ0) is 15.5. The van der Waals surface area contributed by atoms with Crippen LogP contribution < -0.4 is 5.56 Å². The van der Waals surface area contributed by atoms with E-state index in [9.17, 15) is 14.0 Å². The maximum atomic E-state index is 13.8. The van der Waals surface area contributed by atoms with E-state index in [1.807, 2.05) is 0 Å². The van der Waals surface area contributed by atoms with Gasteiger partial charge in [0.2, 0.25) is 5.91 Å². The fourth-order valence-corrected chi connectivity index (χ4v) is 2.57. The minimum atomic E-state index is -0.411. The molecule has 1 aliphatic heterocycles. The Labute approximate surface area is 127 Å². The lowest BCUT2D eigenvalue weighted by Gasteiger charge is -2.15. The first kappa shape index (κ1) is 14.4. The van der Waals surface area contributed by atoms with Gasteiger partial charge >= 0.3 is 0 Å². The summed E-state index contributed by atoms with van der Waals surface area (Å²) < 4.78 is 14.9. The second kappa shape index (κ2) is 6.09. The molecule has 1 aromatic carbocycles. The molecule has 0 atom stereocenters. The molecule has 0 aliphatic carbocycles. The van der Waals surface area contributed by atoms with Crippen LogP contribution in [0.5, 0.6) is 0 Å². The molecule has 0 unspecified atom stereocenters. The Balaban J connectivity index is 1.89. The number of hydrogen-bond acceptors (Lipinski definition) is 3. The standard InChI is InChI=1S/C16H16FN3O2/c17-13-6-2-1-5-12(13)14-7-8-15(21)20(18-14)11-16(22)19-9-3-4-10-19/h1-2,5-8H,3-4,9-11H2. The molecule has 2 heterocycles. The molecule has 6 heteroatoms. The lowest BCUT2D eigenvalue weighted by Crippen LogP contribution is -2.35. The Bertz CT molecular complexity index is 751. The molecule has 0 N–H and O–H groups in total. The van der Waals surface area contributed by atoms with Gasteiger partial charge in [-0.1, -0.05) is 12.1 Å². The van der Waals surface area contributed by atoms with E-state index >= 15 is 0 Å². The minimum Gasteiger partial charge on any atom is -0.341 e. The van der Waals surface area contributed by atoms with Crippen LogP contribution in [0.25, 0.3) is 11.3 Å². The normalized spacial score (nSPS) is 14.3. The van der Waals surface area contributed by atoms with Gasteiger partial charge in [-0.2, -0.15) is 5.10 Å². The van der Waals surface area contributed by atoms with Crippen LogP contribution in [-0.4, -0.2) is 33.7 Å². The van der Waals surface area contributed by atoms with E-state index in [4.69, 9.17) is 0 Å². The third kappa shape index (κ3) is 2.90. The van der Waals surface area contributed by atoms with Crippen molar-refractivity contribution in [2.24, 2.45) is 0 Å². The smallest absolute Gasteiger partial charge is 0.267 e. The highest BCUT2D eigenvalue weighted by Gasteiger charge is 2.19. The predicted octanol–water partition coefficient (Wildman–Crippen LogP) is 1.67. The molecule has 1 aliphatic rings. The van der Waals surface area contributed by atoms with Crippen molar-refractivity contribution in [3.63, 3.8) is 0 Å². The van der Waals surface area contributed by atoms with Crippen LogP contribution >= 0.6 is 0 Å². The number of amides is 1. The van der Waals surface area contributed by atoms with Crippen molar-refractivity contribution in [2.75, 3.05) is 13.1 Å². The zero-order valence-electron chi connectivity index (χ0n) is 12.0. The Hall–Kier alpha value is -2.50. The van der Waals surface area contributed by atoms with Crippen molar-refractivity contribution >= 4 is 5.91 Å². The van der Waals surface area contributed by atoms with Gasteiger partial charge < -0.3 is 4.90 Å². The number of carbonyl (C=O) groups excluding carboxylic acids is 1. The summed E-state index contributed by atoms with van der Waals surface area (Å²) in [6.45, 7) is 1.34. The van der Waals surface area contributed by atoms with E-state index in [0.717, 1.165) is 30.6 Å². The van der Waals surface area contributed by atoms with E-state index in [0.29, 0.717) is 11.3 Å². The van der Waals surface area contributed by atoms with Crippen molar-refractivity contribution in [2.45, 2.75) is 19.4 Å². The molecule has 0 radical (unpaired) electrons. The highest BCUT2D eigenvalue weighted by molar-refractivity contribution is 5.76. The first-order valence-electron chi connectivity index (χ1n) is 7.26. The molecule has 2 aromatic rings. The summed E-state index contributed by atoms with van der Waals surface area (Å²) in [5.74, 6) is -0.538. The molecule has 5 nitrogen and oxygen atoms in total. The van der Waals surface area contributed by atoms with E-state index < -0.39 is 5.82 Å². The lowest BCUT2D eigenvalue weighted by molar-refractivity contribution is -0.131. The summed E-state index contributed by atoms with van der Waals surface area (Å²) in [7, 11) is 0. The van der Waals surface area contributed by atoms with Crippen LogP contribution in [0, 0.1) is 5.82 Å². The topological polar surface area (TPSA) is 55.2 Å². The highest BCUT2D eigenvalue weighted by Crippen LogP contribution is 2.18. The zero-order valence-corrected chi connectivity index (χ0v) is 12.0. The molecule has 3 rings (SSSR count). The van der Waals surface area contributed by atoms with Crippen LogP contribution in [0.4, 0.5) is 4.39 Å². The van der Waals surface area contributed by atoms with Crippen molar-refractivity contribution < 1.29 is 9.18 Å². The van der Waals surface area contributed by atoms with Gasteiger partial charge in [-0.3, -0.25) is 9.59 Å². The molecular formula is C16H16FN3O2. The Kier molecular flexibility index (Phi) is 4.00. The summed E-state index contributed by atoms with van der Waals surface area (Å²) in [6, 6.07) is 9.00. The molecule has 0 spiro atoms. The third-order valence-electron chi connectivity index (χ3n) is 3.76. The molecule has 1 fully saturated rings. The largest absolute Gasteiger partial charge is 0.341 e. The van der Waals surface area contributed by atoms with Gasteiger partial charge in [0.15, 0.2) is 0 Å². The number of rotatable bonds is 3. The highest BCUT2D eigenvalue weighted by atomic mass is 19.1. The van der Waals surface area contributed by atoms with Crippen molar-refractivity contribution in [1.82, 2.24) is 14.7 Å². The van der Waals surface area contributed by atoms with Gasteiger partial charge in [0, 0.05) is 24.7 Å². The van der Waals surface area contributed by atoms with Gasteiger partial charge in [0.05, 0.1) is 5.69 Å². The third-order valence-corrected chi connectivity index (χ3v) is 3.76. The van der Waals surface area contributed by atoms with Gasteiger partial charge in [-0.15, -0.1) is 0 Å². The number of benzene rings is 1. The second-order valence-corrected chi connectivity index (χ2v) is 5.28. The van der Waals surface area contributed by atoms with E-state index in [2.05, 4.69) is 5.10 Å². The quantitative estimate of drug-likeness (QED) is 0.866. The van der Waals surface area contributed by atoms with Crippen LogP contribution in [0.3, 0.4) is 0 Å². The van der Waals surface area contributed by atoms with E-state index in [1.165, 1.54) is 18.2 Å². The monoisotopic (exact) mass is 301 g/mol. The fraction of sp³-hybridized carbons (Fsp3) is 0.312. The summed E-state index contributed by atoms with van der Waals surface area (Å²) in [4.78, 5) is 25.7. The van der Waals surface area contributed by atoms with Crippen molar-refractivity contribution in [3.05, 3.63) is 52.6 Å². The van der Waals surface area contributed by atoms with Gasteiger partial charge in [-0.25, -0.2) is 9.07 Å². The molecule has 1 amide bonds. The van der Waals surface area contributed by atoms with Crippen molar-refractivity contribution in [3.8, 4) is 11.3 Å². The Morgan fingerprint density at radius 2 is 1.86 bits per heavy atom. The van der Waals surface area contributed by atoms with Crippen LogP contribution in [0.15, 0.2) is 41.2 Å². The van der Waals surface area contributed by atoms with Gasteiger partial charge in [0.25, 0.3) is 5.56 Å². The van der Waals surface area contributed by atoms with E-state index in [-0.39, 0.29) is 18.0 Å². The van der Waals surface area contributed by atoms with Gasteiger partial charge in [-0.05, 0) is 31.0 Å². The maximum Gasteiger partial charge on any atom is 0.267 e. The molecule has 22 heavy (non-hydrogen) atoms. The maximum absolute atomic E-state index is 13.8. The number of halogens is 1. The summed E-state index contributed by atoms with van der Waals surface area (Å²) in [5, 5.41) is 4.13. The second-order valence-electron chi connectivity index (χ2n) is 5.28. The van der Waals surface area contributed by atoms with Crippen LogP contribution in [0.1, 0.15) is 12.8 Å².